The average Bonchev–Trinajstić information content (AvgIpc) is 2.80. The number of aliphatic carboxylic acids is 1. The molecular weight excluding hydrogens is 252 g/mol. The predicted octanol–water partition coefficient (Wildman–Crippen LogP) is 2.63. The van der Waals surface area contributed by atoms with Crippen molar-refractivity contribution in [3.63, 3.8) is 0 Å². The number of para-hydroxylation sites is 1. The van der Waals surface area contributed by atoms with Crippen molar-refractivity contribution in [2.24, 2.45) is 5.73 Å². The first-order chi connectivity index (χ1) is 9.49. The number of carboxylic acids is 1. The van der Waals surface area contributed by atoms with E-state index in [-0.39, 0.29) is 0 Å². The fourth-order valence-corrected chi connectivity index (χ4v) is 2.25. The Kier molecular flexibility index (Phi) is 4.25. The summed E-state index contributed by atoms with van der Waals surface area (Å²) in [5.41, 5.74) is 10.1. The Labute approximate surface area is 118 Å². The monoisotopic (exact) mass is 272 g/mol. The van der Waals surface area contributed by atoms with E-state index in [4.69, 9.17) is 10.8 Å². The SMILES string of the molecule is CC(C)=CCc1cccc2c(C[C@H](N)C(=O)O)c[nH]c12. The highest BCUT2D eigenvalue weighted by Gasteiger charge is 2.15. The number of carboxylic acid groups (broad SMARTS) is 1. The number of nitrogens with two attached hydrogens (primary N) is 1. The van der Waals surface area contributed by atoms with E-state index < -0.39 is 12.0 Å². The third kappa shape index (κ3) is 3.08. The van der Waals surface area contributed by atoms with Crippen LogP contribution in [-0.2, 0) is 17.6 Å². The van der Waals surface area contributed by atoms with Gasteiger partial charge in [0.1, 0.15) is 6.04 Å². The van der Waals surface area contributed by atoms with Crippen LogP contribution in [0.2, 0.25) is 0 Å². The highest BCUT2D eigenvalue weighted by atomic mass is 16.4. The maximum Gasteiger partial charge on any atom is 0.320 e. The van der Waals surface area contributed by atoms with Gasteiger partial charge < -0.3 is 15.8 Å². The van der Waals surface area contributed by atoms with Gasteiger partial charge in [-0.3, -0.25) is 4.79 Å². The van der Waals surface area contributed by atoms with Crippen molar-refractivity contribution in [2.45, 2.75) is 32.7 Å². The molecule has 0 radical (unpaired) electrons. The van der Waals surface area contributed by atoms with Crippen LogP contribution >= 0.6 is 0 Å². The normalized spacial score (nSPS) is 12.3. The molecule has 0 unspecified atom stereocenters. The van der Waals surface area contributed by atoms with Crippen LogP contribution < -0.4 is 5.73 Å². The van der Waals surface area contributed by atoms with E-state index in [0.29, 0.717) is 6.42 Å². The second-order valence-electron chi connectivity index (χ2n) is 5.29. The minimum absolute atomic E-state index is 0.335. The van der Waals surface area contributed by atoms with Crippen molar-refractivity contribution in [1.82, 2.24) is 4.98 Å². The van der Waals surface area contributed by atoms with Crippen molar-refractivity contribution in [3.8, 4) is 0 Å². The molecule has 1 heterocycles. The molecule has 1 aromatic heterocycles. The maximum absolute atomic E-state index is 10.9. The van der Waals surface area contributed by atoms with E-state index in [1.54, 1.807) is 0 Å². The minimum atomic E-state index is -0.972. The van der Waals surface area contributed by atoms with Crippen LogP contribution in [0.3, 0.4) is 0 Å². The Bertz CT molecular complexity index is 652. The molecule has 106 valence electrons. The van der Waals surface area contributed by atoms with Gasteiger partial charge in [0.15, 0.2) is 0 Å². The van der Waals surface area contributed by atoms with Crippen LogP contribution in [0.15, 0.2) is 36.0 Å². The van der Waals surface area contributed by atoms with E-state index in [9.17, 15) is 4.79 Å². The molecule has 0 saturated carbocycles. The van der Waals surface area contributed by atoms with Crippen molar-refractivity contribution in [2.75, 3.05) is 0 Å². The number of hydrogen-bond acceptors (Lipinski definition) is 2. The van der Waals surface area contributed by atoms with Crippen LogP contribution in [0.25, 0.3) is 10.9 Å². The molecule has 0 spiro atoms. The summed E-state index contributed by atoms with van der Waals surface area (Å²) in [5.74, 6) is -0.972. The largest absolute Gasteiger partial charge is 0.480 e. The van der Waals surface area contributed by atoms with Crippen LogP contribution in [0.4, 0.5) is 0 Å². The van der Waals surface area contributed by atoms with Gasteiger partial charge >= 0.3 is 5.97 Å². The first-order valence-corrected chi connectivity index (χ1v) is 6.68. The topological polar surface area (TPSA) is 79.1 Å². The summed E-state index contributed by atoms with van der Waals surface area (Å²) in [4.78, 5) is 14.1. The molecule has 0 fully saturated rings. The number of rotatable bonds is 5. The van der Waals surface area contributed by atoms with Crippen molar-refractivity contribution in [3.05, 3.63) is 47.2 Å². The van der Waals surface area contributed by atoms with Gasteiger partial charge in [0.25, 0.3) is 0 Å². The number of carbonyl (C=O) groups is 1. The Balaban J connectivity index is 2.34. The fraction of sp³-hybridized carbons (Fsp3) is 0.312. The molecule has 2 rings (SSSR count). The van der Waals surface area contributed by atoms with Gasteiger partial charge in [-0.05, 0) is 31.4 Å². The molecule has 0 aliphatic carbocycles. The highest BCUT2D eigenvalue weighted by Crippen LogP contribution is 2.23. The second-order valence-corrected chi connectivity index (χ2v) is 5.29. The van der Waals surface area contributed by atoms with Crippen molar-refractivity contribution < 1.29 is 9.90 Å². The molecule has 0 amide bonds. The lowest BCUT2D eigenvalue weighted by molar-refractivity contribution is -0.138. The van der Waals surface area contributed by atoms with Crippen LogP contribution in [0, 0.1) is 0 Å². The number of aromatic amines is 1. The standard InChI is InChI=1S/C16H20N2O2/c1-10(2)6-7-11-4-3-5-13-12(9-18-15(11)13)8-14(17)16(19)20/h3-6,9,14,18H,7-8,17H2,1-2H3,(H,19,20)/t14-/m0/s1. The van der Waals surface area contributed by atoms with Crippen molar-refractivity contribution in [1.29, 1.82) is 0 Å². The Morgan fingerprint density at radius 2 is 2.15 bits per heavy atom. The van der Waals surface area contributed by atoms with Crippen LogP contribution in [0.1, 0.15) is 25.0 Å². The van der Waals surface area contributed by atoms with Gasteiger partial charge in [-0.2, -0.15) is 0 Å². The Hall–Kier alpha value is -2.07. The van der Waals surface area contributed by atoms with Gasteiger partial charge in [-0.1, -0.05) is 29.8 Å². The van der Waals surface area contributed by atoms with E-state index in [2.05, 4.69) is 31.0 Å². The molecule has 1 aromatic carbocycles. The zero-order valence-electron chi connectivity index (χ0n) is 11.8. The lowest BCUT2D eigenvalue weighted by Gasteiger charge is -2.05. The van der Waals surface area contributed by atoms with E-state index in [0.717, 1.165) is 22.9 Å². The van der Waals surface area contributed by atoms with Gasteiger partial charge in [0.05, 0.1) is 0 Å². The quantitative estimate of drug-likeness (QED) is 0.732. The van der Waals surface area contributed by atoms with Gasteiger partial charge in [-0.25, -0.2) is 0 Å². The molecule has 4 nitrogen and oxygen atoms in total. The molecule has 0 aliphatic rings. The Morgan fingerprint density at radius 3 is 2.80 bits per heavy atom. The maximum atomic E-state index is 10.9. The molecule has 20 heavy (non-hydrogen) atoms. The molecule has 0 bridgehead atoms. The third-order valence-electron chi connectivity index (χ3n) is 3.37. The number of aromatic nitrogens is 1. The summed E-state index contributed by atoms with van der Waals surface area (Å²) in [6.45, 7) is 4.15. The van der Waals surface area contributed by atoms with Gasteiger partial charge in [0.2, 0.25) is 0 Å². The van der Waals surface area contributed by atoms with E-state index in [1.807, 2.05) is 18.3 Å². The second kappa shape index (κ2) is 5.92. The van der Waals surface area contributed by atoms with E-state index >= 15 is 0 Å². The minimum Gasteiger partial charge on any atom is -0.480 e. The lowest BCUT2D eigenvalue weighted by Crippen LogP contribution is -2.32. The predicted molar refractivity (Wildman–Crippen MR) is 80.7 cm³/mol. The molecule has 4 heteroatoms. The summed E-state index contributed by atoms with van der Waals surface area (Å²) in [7, 11) is 0. The Morgan fingerprint density at radius 1 is 1.40 bits per heavy atom. The molecule has 0 saturated heterocycles. The number of allylic oxidation sites excluding steroid dienone is 2. The lowest BCUT2D eigenvalue weighted by atomic mass is 10.0. The smallest absolute Gasteiger partial charge is 0.320 e. The zero-order chi connectivity index (χ0) is 14.7. The molecule has 4 N–H and O–H groups in total. The first kappa shape index (κ1) is 14.3. The summed E-state index contributed by atoms with van der Waals surface area (Å²) in [6, 6.07) is 5.22. The van der Waals surface area contributed by atoms with Crippen LogP contribution in [0.5, 0.6) is 0 Å². The van der Waals surface area contributed by atoms with Crippen molar-refractivity contribution >= 4 is 16.9 Å². The van der Waals surface area contributed by atoms with Gasteiger partial charge in [0, 0.05) is 23.5 Å². The van der Waals surface area contributed by atoms with E-state index in [1.165, 1.54) is 11.1 Å². The molecule has 1 atom stereocenters. The molecule has 0 aliphatic heterocycles. The third-order valence-corrected chi connectivity index (χ3v) is 3.37. The average molecular weight is 272 g/mol. The van der Waals surface area contributed by atoms with Gasteiger partial charge in [-0.15, -0.1) is 0 Å². The number of hydrogen-bond donors (Lipinski definition) is 3. The first-order valence-electron chi connectivity index (χ1n) is 6.68. The highest BCUT2D eigenvalue weighted by molar-refractivity contribution is 5.87. The summed E-state index contributed by atoms with van der Waals surface area (Å²) in [5, 5.41) is 9.97. The number of H-pyrrole nitrogens is 1. The summed E-state index contributed by atoms with van der Waals surface area (Å²) < 4.78 is 0. The summed E-state index contributed by atoms with van der Waals surface area (Å²) >= 11 is 0. The molecular formula is C16H20N2O2. The summed E-state index contributed by atoms with van der Waals surface area (Å²) in [6.07, 6.45) is 5.24. The van der Waals surface area contributed by atoms with Crippen LogP contribution in [-0.4, -0.2) is 22.1 Å². The zero-order valence-corrected chi connectivity index (χ0v) is 11.8. The number of nitrogens with one attached hydrogen (secondary N) is 1. The number of benzene rings is 1. The fourth-order valence-electron chi connectivity index (χ4n) is 2.25. The molecule has 2 aromatic rings. The number of fused-ring (bicyclic) bond motifs is 1.